The van der Waals surface area contributed by atoms with E-state index in [0.29, 0.717) is 5.75 Å². The van der Waals surface area contributed by atoms with Crippen molar-refractivity contribution in [3.63, 3.8) is 0 Å². The van der Waals surface area contributed by atoms with E-state index in [4.69, 9.17) is 20.8 Å². The van der Waals surface area contributed by atoms with Crippen molar-refractivity contribution in [3.8, 4) is 5.75 Å². The van der Waals surface area contributed by atoms with Gasteiger partial charge in [0.1, 0.15) is 23.4 Å². The lowest BCUT2D eigenvalue weighted by Gasteiger charge is -2.10. The Balaban J connectivity index is 2.34. The van der Waals surface area contributed by atoms with E-state index in [1.807, 2.05) is 0 Å². The largest absolute Gasteiger partial charge is 0.497 e. The van der Waals surface area contributed by atoms with Crippen LogP contribution in [-0.4, -0.2) is 12.2 Å². The minimum absolute atomic E-state index is 0.108. The van der Waals surface area contributed by atoms with Crippen LogP contribution in [0.4, 0.5) is 4.39 Å². The molecular weight excluding hydrogens is 247 g/mol. The smallest absolute Gasteiger partial charge is 0.193 e. The molecule has 1 unspecified atom stereocenters. The predicted octanol–water partition coefficient (Wildman–Crippen LogP) is 3.16. The molecule has 0 saturated carbocycles. The third-order valence-electron chi connectivity index (χ3n) is 2.37. The van der Waals surface area contributed by atoms with Crippen molar-refractivity contribution >= 4 is 11.6 Å². The second-order valence-electron chi connectivity index (χ2n) is 3.43. The summed E-state index contributed by atoms with van der Waals surface area (Å²) in [5, 5.41) is 10.1. The van der Waals surface area contributed by atoms with Crippen LogP contribution in [0.5, 0.6) is 5.75 Å². The SMILES string of the molecule is COc1ccc(C(O)c2ccc(Cl)o2)c(F)c1. The maximum absolute atomic E-state index is 13.7. The summed E-state index contributed by atoms with van der Waals surface area (Å²) in [5.41, 5.74) is 0.108. The number of hydrogen-bond acceptors (Lipinski definition) is 3. The standard InChI is InChI=1S/C12H10ClFO3/c1-16-7-2-3-8(9(14)6-7)12(15)10-4-5-11(13)17-10/h2-6,12,15H,1H3. The number of benzene rings is 1. The molecule has 0 spiro atoms. The van der Waals surface area contributed by atoms with Gasteiger partial charge in [-0.05, 0) is 35.9 Å². The first-order valence-corrected chi connectivity index (χ1v) is 5.26. The molecule has 1 N–H and O–H groups in total. The molecule has 0 aliphatic rings. The summed E-state index contributed by atoms with van der Waals surface area (Å²) in [6.45, 7) is 0. The van der Waals surface area contributed by atoms with Crippen LogP contribution in [0.1, 0.15) is 17.4 Å². The second-order valence-corrected chi connectivity index (χ2v) is 3.80. The summed E-state index contributed by atoms with van der Waals surface area (Å²) in [7, 11) is 1.44. The van der Waals surface area contributed by atoms with Crippen LogP contribution < -0.4 is 4.74 Å². The first kappa shape index (κ1) is 12.0. The minimum Gasteiger partial charge on any atom is -0.497 e. The molecule has 3 nitrogen and oxygen atoms in total. The zero-order valence-corrected chi connectivity index (χ0v) is 9.74. The van der Waals surface area contributed by atoms with Gasteiger partial charge in [0.2, 0.25) is 0 Å². The van der Waals surface area contributed by atoms with Gasteiger partial charge in [-0.3, -0.25) is 0 Å². The third kappa shape index (κ3) is 2.43. The predicted molar refractivity (Wildman–Crippen MR) is 60.7 cm³/mol. The zero-order valence-electron chi connectivity index (χ0n) is 8.98. The number of hydrogen-bond donors (Lipinski definition) is 1. The number of halogens is 2. The van der Waals surface area contributed by atoms with Crippen LogP contribution in [0.2, 0.25) is 5.22 Å². The average Bonchev–Trinajstić information content (AvgIpc) is 2.75. The van der Waals surface area contributed by atoms with E-state index in [-0.39, 0.29) is 16.5 Å². The Labute approximate surface area is 102 Å². The lowest BCUT2D eigenvalue weighted by atomic mass is 10.1. The van der Waals surface area contributed by atoms with Crippen molar-refractivity contribution in [2.24, 2.45) is 0 Å². The van der Waals surface area contributed by atoms with Gasteiger partial charge in [0, 0.05) is 11.6 Å². The van der Waals surface area contributed by atoms with Gasteiger partial charge in [-0.15, -0.1) is 0 Å². The highest BCUT2D eigenvalue weighted by Crippen LogP contribution is 2.29. The molecule has 17 heavy (non-hydrogen) atoms. The molecule has 0 radical (unpaired) electrons. The Kier molecular flexibility index (Phi) is 3.36. The maximum atomic E-state index is 13.7. The van der Waals surface area contributed by atoms with Crippen LogP contribution in [0.15, 0.2) is 34.7 Å². The lowest BCUT2D eigenvalue weighted by molar-refractivity contribution is 0.184. The topological polar surface area (TPSA) is 42.6 Å². The Morgan fingerprint density at radius 3 is 2.65 bits per heavy atom. The first-order valence-electron chi connectivity index (χ1n) is 4.88. The molecule has 0 aliphatic heterocycles. The Morgan fingerprint density at radius 1 is 1.35 bits per heavy atom. The molecule has 0 fully saturated rings. The number of methoxy groups -OCH3 is 1. The number of aliphatic hydroxyl groups is 1. The number of rotatable bonds is 3. The van der Waals surface area contributed by atoms with Crippen molar-refractivity contribution in [3.05, 3.63) is 52.7 Å². The van der Waals surface area contributed by atoms with Crippen molar-refractivity contribution in [2.45, 2.75) is 6.10 Å². The summed E-state index contributed by atoms with van der Waals surface area (Å²) in [6, 6.07) is 7.18. The van der Waals surface area contributed by atoms with Gasteiger partial charge in [0.05, 0.1) is 7.11 Å². The van der Waals surface area contributed by atoms with E-state index in [2.05, 4.69) is 0 Å². The molecule has 5 heteroatoms. The molecule has 1 heterocycles. The quantitative estimate of drug-likeness (QED) is 0.917. The molecule has 90 valence electrons. The van der Waals surface area contributed by atoms with Gasteiger partial charge in [-0.2, -0.15) is 0 Å². The molecule has 2 aromatic rings. The highest BCUT2D eigenvalue weighted by Gasteiger charge is 2.18. The van der Waals surface area contributed by atoms with Crippen molar-refractivity contribution in [2.75, 3.05) is 7.11 Å². The summed E-state index contributed by atoms with van der Waals surface area (Å²) >= 11 is 5.59. The van der Waals surface area contributed by atoms with E-state index in [1.165, 1.54) is 31.4 Å². The Bertz CT molecular complexity index is 524. The molecule has 1 aromatic heterocycles. The van der Waals surface area contributed by atoms with Crippen LogP contribution in [0.3, 0.4) is 0 Å². The number of ether oxygens (including phenoxy) is 1. The van der Waals surface area contributed by atoms with Crippen LogP contribution in [-0.2, 0) is 0 Å². The van der Waals surface area contributed by atoms with E-state index < -0.39 is 11.9 Å². The molecule has 0 aliphatic carbocycles. The average molecular weight is 257 g/mol. The zero-order chi connectivity index (χ0) is 12.4. The molecule has 1 atom stereocenters. The highest BCUT2D eigenvalue weighted by molar-refractivity contribution is 6.28. The minimum atomic E-state index is -1.19. The molecular formula is C12H10ClFO3. The van der Waals surface area contributed by atoms with Crippen LogP contribution in [0, 0.1) is 5.82 Å². The van der Waals surface area contributed by atoms with Crippen LogP contribution in [0.25, 0.3) is 0 Å². The van der Waals surface area contributed by atoms with E-state index in [9.17, 15) is 9.50 Å². The van der Waals surface area contributed by atoms with E-state index in [1.54, 1.807) is 6.07 Å². The van der Waals surface area contributed by atoms with Gasteiger partial charge in [-0.1, -0.05) is 0 Å². The molecule has 0 amide bonds. The number of furan rings is 1. The van der Waals surface area contributed by atoms with Gasteiger partial charge in [0.15, 0.2) is 5.22 Å². The second kappa shape index (κ2) is 4.77. The van der Waals surface area contributed by atoms with Gasteiger partial charge >= 0.3 is 0 Å². The van der Waals surface area contributed by atoms with E-state index in [0.717, 1.165) is 0 Å². The number of aliphatic hydroxyl groups excluding tert-OH is 1. The van der Waals surface area contributed by atoms with Crippen molar-refractivity contribution < 1.29 is 18.7 Å². The summed E-state index contributed by atoms with van der Waals surface area (Å²) in [6.07, 6.45) is -1.19. The molecule has 1 aromatic carbocycles. The molecule has 0 bridgehead atoms. The summed E-state index contributed by atoms with van der Waals surface area (Å²) in [5.74, 6) is 0.0133. The van der Waals surface area contributed by atoms with Crippen molar-refractivity contribution in [1.29, 1.82) is 0 Å². The lowest BCUT2D eigenvalue weighted by Crippen LogP contribution is -2.01. The normalized spacial score (nSPS) is 12.5. The monoisotopic (exact) mass is 256 g/mol. The van der Waals surface area contributed by atoms with Crippen LogP contribution >= 0.6 is 11.6 Å². The maximum Gasteiger partial charge on any atom is 0.193 e. The first-order chi connectivity index (χ1) is 8.11. The molecule has 0 saturated heterocycles. The van der Waals surface area contributed by atoms with E-state index >= 15 is 0 Å². The fraction of sp³-hybridized carbons (Fsp3) is 0.167. The third-order valence-corrected chi connectivity index (χ3v) is 2.57. The fourth-order valence-electron chi connectivity index (χ4n) is 1.49. The summed E-state index contributed by atoms with van der Waals surface area (Å²) in [4.78, 5) is 0. The summed E-state index contributed by atoms with van der Waals surface area (Å²) < 4.78 is 23.6. The highest BCUT2D eigenvalue weighted by atomic mass is 35.5. The fourth-order valence-corrected chi connectivity index (χ4v) is 1.64. The van der Waals surface area contributed by atoms with Gasteiger partial charge in [-0.25, -0.2) is 4.39 Å². The Hall–Kier alpha value is -1.52. The molecule has 2 rings (SSSR count). The van der Waals surface area contributed by atoms with Crippen molar-refractivity contribution in [1.82, 2.24) is 0 Å². The van der Waals surface area contributed by atoms with Gasteiger partial charge < -0.3 is 14.3 Å². The van der Waals surface area contributed by atoms with Gasteiger partial charge in [0.25, 0.3) is 0 Å². The Morgan fingerprint density at radius 2 is 2.12 bits per heavy atom.